The molecule has 0 aliphatic carbocycles. The average molecular weight is 248 g/mol. The summed E-state index contributed by atoms with van der Waals surface area (Å²) in [4.78, 5) is 0. The number of nitrogens with one attached hydrogen (secondary N) is 1. The van der Waals surface area contributed by atoms with E-state index in [9.17, 15) is 0 Å². The maximum Gasteiger partial charge on any atom is 0.122 e. The lowest BCUT2D eigenvalue weighted by Gasteiger charge is -2.30. The monoisotopic (exact) mass is 248 g/mol. The molecule has 0 spiro atoms. The number of para-hydroxylation sites is 1. The summed E-state index contributed by atoms with van der Waals surface area (Å²) < 4.78 is 5.39. The second-order valence-electron chi connectivity index (χ2n) is 5.09. The van der Waals surface area contributed by atoms with Crippen molar-refractivity contribution < 1.29 is 4.74 Å². The zero-order valence-corrected chi connectivity index (χ0v) is 11.5. The van der Waals surface area contributed by atoms with Crippen molar-refractivity contribution in [3.8, 4) is 5.75 Å². The highest BCUT2D eigenvalue weighted by molar-refractivity contribution is 5.33. The van der Waals surface area contributed by atoms with E-state index in [0.717, 1.165) is 12.2 Å². The Labute approximate surface area is 110 Å². The Morgan fingerprint density at radius 1 is 1.22 bits per heavy atom. The minimum absolute atomic E-state index is 0.444. The van der Waals surface area contributed by atoms with Crippen molar-refractivity contribution in [2.24, 2.45) is 0 Å². The molecule has 18 heavy (non-hydrogen) atoms. The molecule has 1 unspecified atom stereocenters. The number of piperidine rings is 1. The van der Waals surface area contributed by atoms with Crippen LogP contribution in [0.5, 0.6) is 5.75 Å². The summed E-state index contributed by atoms with van der Waals surface area (Å²) in [5, 5.41) is 2.36. The Morgan fingerprint density at radius 2 is 1.94 bits per heavy atom. The topological polar surface area (TPSA) is 24.5 Å². The summed E-state index contributed by atoms with van der Waals surface area (Å²) in [5.41, 5.74) is 4.87. The number of hydrogen-bond acceptors (Lipinski definition) is 3. The second-order valence-corrected chi connectivity index (χ2v) is 5.09. The molecule has 3 heteroatoms. The molecule has 1 N–H and O–H groups in total. The van der Waals surface area contributed by atoms with Gasteiger partial charge in [0.1, 0.15) is 5.75 Å². The van der Waals surface area contributed by atoms with E-state index >= 15 is 0 Å². The van der Waals surface area contributed by atoms with Crippen molar-refractivity contribution in [2.45, 2.75) is 38.6 Å². The molecule has 1 aromatic carbocycles. The average Bonchev–Trinajstić information content (AvgIpc) is 2.40. The van der Waals surface area contributed by atoms with E-state index in [4.69, 9.17) is 4.74 Å². The van der Waals surface area contributed by atoms with Crippen LogP contribution < -0.4 is 10.2 Å². The van der Waals surface area contributed by atoms with Gasteiger partial charge in [0, 0.05) is 19.1 Å². The fourth-order valence-electron chi connectivity index (χ4n) is 2.58. The Balaban J connectivity index is 1.87. The first-order valence-corrected chi connectivity index (χ1v) is 6.92. The van der Waals surface area contributed by atoms with Gasteiger partial charge in [-0.15, -0.1) is 0 Å². The zero-order chi connectivity index (χ0) is 12.8. The molecule has 0 aromatic heterocycles. The van der Waals surface area contributed by atoms with E-state index in [2.05, 4.69) is 29.5 Å². The molecule has 1 aliphatic rings. The van der Waals surface area contributed by atoms with Crippen LogP contribution in [0.2, 0.25) is 0 Å². The van der Waals surface area contributed by atoms with Gasteiger partial charge in [-0.25, -0.2) is 5.01 Å². The highest BCUT2D eigenvalue weighted by atomic mass is 16.5. The van der Waals surface area contributed by atoms with Crippen LogP contribution in [-0.4, -0.2) is 31.3 Å². The van der Waals surface area contributed by atoms with Crippen molar-refractivity contribution in [3.05, 3.63) is 29.8 Å². The van der Waals surface area contributed by atoms with E-state index in [1.54, 1.807) is 7.11 Å². The standard InChI is InChI=1S/C15H24N2O/c1-13(16-17-10-6-3-7-11-17)12-14-8-4-5-9-15(14)18-2/h4-5,8-9,13,16H,3,6-7,10-12H2,1-2H3. The van der Waals surface area contributed by atoms with Gasteiger partial charge in [0.2, 0.25) is 0 Å². The molecule has 1 aliphatic heterocycles. The number of ether oxygens (including phenoxy) is 1. The lowest BCUT2D eigenvalue weighted by Crippen LogP contribution is -2.46. The quantitative estimate of drug-likeness (QED) is 0.867. The maximum absolute atomic E-state index is 5.39. The predicted molar refractivity (Wildman–Crippen MR) is 74.7 cm³/mol. The predicted octanol–water partition coefficient (Wildman–Crippen LogP) is 2.62. The van der Waals surface area contributed by atoms with Crippen molar-refractivity contribution in [3.63, 3.8) is 0 Å². The van der Waals surface area contributed by atoms with E-state index in [1.165, 1.54) is 37.9 Å². The molecule has 1 atom stereocenters. The molecule has 0 amide bonds. The summed E-state index contributed by atoms with van der Waals surface area (Å²) in [7, 11) is 1.74. The number of benzene rings is 1. The third-order valence-corrected chi connectivity index (χ3v) is 3.48. The van der Waals surface area contributed by atoms with Crippen LogP contribution in [0, 0.1) is 0 Å². The summed E-state index contributed by atoms with van der Waals surface area (Å²) in [6, 6.07) is 8.71. The Hall–Kier alpha value is -1.06. The number of hydrogen-bond donors (Lipinski definition) is 1. The molecule has 1 saturated heterocycles. The van der Waals surface area contributed by atoms with Crippen LogP contribution in [0.4, 0.5) is 0 Å². The first kappa shape index (κ1) is 13.4. The summed E-state index contributed by atoms with van der Waals surface area (Å²) in [5.74, 6) is 0.991. The summed E-state index contributed by atoms with van der Waals surface area (Å²) in [6.07, 6.45) is 5.00. The van der Waals surface area contributed by atoms with Gasteiger partial charge < -0.3 is 4.74 Å². The Morgan fingerprint density at radius 3 is 2.67 bits per heavy atom. The molecule has 3 nitrogen and oxygen atoms in total. The lowest BCUT2D eigenvalue weighted by atomic mass is 10.1. The fraction of sp³-hybridized carbons (Fsp3) is 0.600. The molecule has 0 saturated carbocycles. The van der Waals surface area contributed by atoms with Gasteiger partial charge in [0.05, 0.1) is 7.11 Å². The van der Waals surface area contributed by atoms with Gasteiger partial charge >= 0.3 is 0 Å². The molecule has 0 radical (unpaired) electrons. The third kappa shape index (κ3) is 3.72. The van der Waals surface area contributed by atoms with Crippen molar-refractivity contribution in [1.29, 1.82) is 0 Å². The smallest absolute Gasteiger partial charge is 0.122 e. The third-order valence-electron chi connectivity index (χ3n) is 3.48. The summed E-state index contributed by atoms with van der Waals surface area (Å²) >= 11 is 0. The summed E-state index contributed by atoms with van der Waals surface area (Å²) in [6.45, 7) is 4.59. The van der Waals surface area contributed by atoms with Crippen molar-refractivity contribution in [2.75, 3.05) is 20.2 Å². The van der Waals surface area contributed by atoms with E-state index in [1.807, 2.05) is 12.1 Å². The number of rotatable bonds is 5. The molecule has 1 fully saturated rings. The van der Waals surface area contributed by atoms with E-state index in [-0.39, 0.29) is 0 Å². The largest absolute Gasteiger partial charge is 0.496 e. The molecule has 0 bridgehead atoms. The number of nitrogens with zero attached hydrogens (tertiary/aromatic N) is 1. The van der Waals surface area contributed by atoms with Crippen LogP contribution in [0.1, 0.15) is 31.7 Å². The first-order chi connectivity index (χ1) is 8.79. The normalized spacial score (nSPS) is 18.6. The fourth-order valence-corrected chi connectivity index (χ4v) is 2.58. The first-order valence-electron chi connectivity index (χ1n) is 6.92. The van der Waals surface area contributed by atoms with Gasteiger partial charge in [-0.3, -0.25) is 5.43 Å². The minimum atomic E-state index is 0.444. The van der Waals surface area contributed by atoms with E-state index < -0.39 is 0 Å². The van der Waals surface area contributed by atoms with Gasteiger partial charge in [0.15, 0.2) is 0 Å². The van der Waals surface area contributed by atoms with Crippen LogP contribution in [-0.2, 0) is 6.42 Å². The molecule has 1 aromatic rings. The van der Waals surface area contributed by atoms with Crippen LogP contribution >= 0.6 is 0 Å². The minimum Gasteiger partial charge on any atom is -0.496 e. The lowest BCUT2D eigenvalue weighted by molar-refractivity contribution is 0.132. The highest BCUT2D eigenvalue weighted by Gasteiger charge is 2.14. The Kier molecular flexibility index (Phi) is 5.02. The molecular formula is C15H24N2O. The number of methoxy groups -OCH3 is 1. The van der Waals surface area contributed by atoms with Gasteiger partial charge in [-0.2, -0.15) is 0 Å². The number of hydrazine groups is 1. The molecule has 2 rings (SSSR count). The highest BCUT2D eigenvalue weighted by Crippen LogP contribution is 2.19. The van der Waals surface area contributed by atoms with Crippen LogP contribution in [0.25, 0.3) is 0 Å². The maximum atomic E-state index is 5.39. The van der Waals surface area contributed by atoms with Crippen molar-refractivity contribution in [1.82, 2.24) is 10.4 Å². The zero-order valence-electron chi connectivity index (χ0n) is 11.5. The molecular weight excluding hydrogens is 224 g/mol. The van der Waals surface area contributed by atoms with Gasteiger partial charge in [-0.1, -0.05) is 24.6 Å². The van der Waals surface area contributed by atoms with Crippen LogP contribution in [0.15, 0.2) is 24.3 Å². The van der Waals surface area contributed by atoms with Crippen LogP contribution in [0.3, 0.4) is 0 Å². The van der Waals surface area contributed by atoms with Crippen molar-refractivity contribution >= 4 is 0 Å². The van der Waals surface area contributed by atoms with Gasteiger partial charge in [-0.05, 0) is 37.8 Å². The Bertz CT molecular complexity index is 361. The second kappa shape index (κ2) is 6.76. The van der Waals surface area contributed by atoms with Gasteiger partial charge in [0.25, 0.3) is 0 Å². The SMILES string of the molecule is COc1ccccc1CC(C)NN1CCCCC1. The molecule has 1 heterocycles. The molecule has 100 valence electrons. The van der Waals surface area contributed by atoms with E-state index in [0.29, 0.717) is 6.04 Å².